The molecule has 0 bridgehead atoms. The third-order valence-corrected chi connectivity index (χ3v) is 3.10. The van der Waals surface area contributed by atoms with Crippen molar-refractivity contribution in [3.8, 4) is 0 Å². The molecule has 90 valence electrons. The molecule has 0 spiro atoms. The first-order valence-corrected chi connectivity index (χ1v) is 6.18. The third kappa shape index (κ3) is 4.49. The summed E-state index contributed by atoms with van der Waals surface area (Å²) in [6.07, 6.45) is 1.22. The average Bonchev–Trinajstić information content (AvgIpc) is 2.17. The molecule has 3 heteroatoms. The van der Waals surface area contributed by atoms with E-state index in [9.17, 15) is 0 Å². The molecule has 1 aliphatic rings. The molecule has 2 atom stereocenters. The van der Waals surface area contributed by atoms with Gasteiger partial charge in [0.15, 0.2) is 0 Å². The van der Waals surface area contributed by atoms with Crippen molar-refractivity contribution in [2.24, 2.45) is 0 Å². The summed E-state index contributed by atoms with van der Waals surface area (Å²) in [7, 11) is 0. The summed E-state index contributed by atoms with van der Waals surface area (Å²) in [6.45, 7) is 13.0. The van der Waals surface area contributed by atoms with Crippen molar-refractivity contribution in [1.82, 2.24) is 10.2 Å². The second-order valence-electron chi connectivity index (χ2n) is 4.91. The van der Waals surface area contributed by atoms with Crippen molar-refractivity contribution >= 4 is 0 Å². The number of nitrogens with one attached hydrogen (secondary N) is 1. The quantitative estimate of drug-likeness (QED) is 0.750. The van der Waals surface area contributed by atoms with Crippen LogP contribution >= 0.6 is 0 Å². The number of rotatable bonds is 5. The molecule has 15 heavy (non-hydrogen) atoms. The van der Waals surface area contributed by atoms with Crippen LogP contribution in [0, 0.1) is 0 Å². The zero-order valence-corrected chi connectivity index (χ0v) is 10.6. The zero-order chi connectivity index (χ0) is 11.3. The van der Waals surface area contributed by atoms with Gasteiger partial charge in [0, 0.05) is 24.7 Å². The molecule has 1 N–H and O–H groups in total. The van der Waals surface area contributed by atoms with Crippen LogP contribution in [-0.4, -0.2) is 49.3 Å². The van der Waals surface area contributed by atoms with Gasteiger partial charge in [-0.05, 0) is 26.8 Å². The van der Waals surface area contributed by atoms with Crippen molar-refractivity contribution in [1.29, 1.82) is 0 Å². The number of ether oxygens (including phenoxy) is 1. The average molecular weight is 214 g/mol. The Kier molecular flexibility index (Phi) is 5.58. The molecule has 1 aliphatic heterocycles. The SMILES string of the molecule is CC(C)NCCC(C)N1CCOCC1C. The Hall–Kier alpha value is -0.120. The predicted octanol–water partition coefficient (Wildman–Crippen LogP) is 1.48. The largest absolute Gasteiger partial charge is 0.379 e. The molecule has 0 aromatic rings. The van der Waals surface area contributed by atoms with Gasteiger partial charge in [0.2, 0.25) is 0 Å². The molecule has 1 rings (SSSR count). The van der Waals surface area contributed by atoms with E-state index >= 15 is 0 Å². The smallest absolute Gasteiger partial charge is 0.0619 e. The molecular formula is C12H26N2O. The summed E-state index contributed by atoms with van der Waals surface area (Å²) in [5, 5.41) is 3.47. The van der Waals surface area contributed by atoms with Gasteiger partial charge >= 0.3 is 0 Å². The number of hydrogen-bond donors (Lipinski definition) is 1. The Morgan fingerprint density at radius 2 is 2.13 bits per heavy atom. The van der Waals surface area contributed by atoms with E-state index in [0.717, 1.165) is 26.3 Å². The summed E-state index contributed by atoms with van der Waals surface area (Å²) >= 11 is 0. The van der Waals surface area contributed by atoms with E-state index in [1.54, 1.807) is 0 Å². The van der Waals surface area contributed by atoms with Crippen LogP contribution in [0.2, 0.25) is 0 Å². The van der Waals surface area contributed by atoms with Gasteiger partial charge in [-0.2, -0.15) is 0 Å². The minimum absolute atomic E-state index is 0.577. The van der Waals surface area contributed by atoms with Gasteiger partial charge in [0.05, 0.1) is 13.2 Å². The fraction of sp³-hybridized carbons (Fsp3) is 1.00. The maximum Gasteiger partial charge on any atom is 0.0619 e. The van der Waals surface area contributed by atoms with Crippen molar-refractivity contribution in [2.45, 2.75) is 52.2 Å². The first-order valence-electron chi connectivity index (χ1n) is 6.18. The van der Waals surface area contributed by atoms with Crippen LogP contribution < -0.4 is 5.32 Å². The molecule has 1 heterocycles. The molecule has 1 saturated heterocycles. The van der Waals surface area contributed by atoms with E-state index in [4.69, 9.17) is 4.74 Å². The van der Waals surface area contributed by atoms with Crippen molar-refractivity contribution < 1.29 is 4.74 Å². The highest BCUT2D eigenvalue weighted by Gasteiger charge is 2.22. The van der Waals surface area contributed by atoms with Gasteiger partial charge in [-0.15, -0.1) is 0 Å². The fourth-order valence-corrected chi connectivity index (χ4v) is 2.14. The standard InChI is InChI=1S/C12H26N2O/c1-10(2)13-6-5-11(3)14-7-8-15-9-12(14)4/h10-13H,5-9H2,1-4H3. The fourth-order valence-electron chi connectivity index (χ4n) is 2.14. The molecule has 0 aromatic heterocycles. The van der Waals surface area contributed by atoms with E-state index < -0.39 is 0 Å². The Balaban J connectivity index is 2.22. The Morgan fingerprint density at radius 3 is 2.73 bits per heavy atom. The van der Waals surface area contributed by atoms with Crippen molar-refractivity contribution in [3.05, 3.63) is 0 Å². The Labute approximate surface area is 94.2 Å². The lowest BCUT2D eigenvalue weighted by atomic mass is 10.1. The second-order valence-corrected chi connectivity index (χ2v) is 4.91. The van der Waals surface area contributed by atoms with E-state index in [2.05, 4.69) is 37.9 Å². The minimum atomic E-state index is 0.577. The molecule has 0 amide bonds. The molecular weight excluding hydrogens is 188 g/mol. The van der Waals surface area contributed by atoms with Gasteiger partial charge < -0.3 is 10.1 Å². The summed E-state index contributed by atoms with van der Waals surface area (Å²) in [4.78, 5) is 2.56. The second kappa shape index (κ2) is 6.46. The molecule has 0 radical (unpaired) electrons. The monoisotopic (exact) mass is 214 g/mol. The summed E-state index contributed by atoms with van der Waals surface area (Å²) in [5.41, 5.74) is 0. The van der Waals surface area contributed by atoms with Crippen molar-refractivity contribution in [3.63, 3.8) is 0 Å². The lowest BCUT2D eigenvalue weighted by molar-refractivity contribution is -0.0198. The highest BCUT2D eigenvalue weighted by Crippen LogP contribution is 2.12. The van der Waals surface area contributed by atoms with Gasteiger partial charge in [-0.1, -0.05) is 13.8 Å². The molecule has 3 nitrogen and oxygen atoms in total. The van der Waals surface area contributed by atoms with Crippen LogP contribution in [0.4, 0.5) is 0 Å². The van der Waals surface area contributed by atoms with Crippen LogP contribution in [0.1, 0.15) is 34.1 Å². The lowest BCUT2D eigenvalue weighted by Crippen LogP contribution is -2.49. The van der Waals surface area contributed by atoms with Gasteiger partial charge in [-0.3, -0.25) is 4.90 Å². The topological polar surface area (TPSA) is 24.5 Å². The van der Waals surface area contributed by atoms with Gasteiger partial charge in [-0.25, -0.2) is 0 Å². The van der Waals surface area contributed by atoms with Crippen LogP contribution in [0.5, 0.6) is 0 Å². The lowest BCUT2D eigenvalue weighted by Gasteiger charge is -2.38. The van der Waals surface area contributed by atoms with E-state index in [-0.39, 0.29) is 0 Å². The van der Waals surface area contributed by atoms with Crippen molar-refractivity contribution in [2.75, 3.05) is 26.3 Å². The highest BCUT2D eigenvalue weighted by molar-refractivity contribution is 4.77. The Morgan fingerprint density at radius 1 is 1.40 bits per heavy atom. The summed E-state index contributed by atoms with van der Waals surface area (Å²) in [5.74, 6) is 0. The van der Waals surface area contributed by atoms with Crippen LogP contribution in [0.3, 0.4) is 0 Å². The predicted molar refractivity (Wildman–Crippen MR) is 64.2 cm³/mol. The summed E-state index contributed by atoms with van der Waals surface area (Å²) in [6, 6.07) is 1.84. The molecule has 0 aliphatic carbocycles. The van der Waals surface area contributed by atoms with Crippen LogP contribution in [0.15, 0.2) is 0 Å². The van der Waals surface area contributed by atoms with E-state index in [1.165, 1.54) is 6.42 Å². The van der Waals surface area contributed by atoms with Gasteiger partial charge in [0.1, 0.15) is 0 Å². The third-order valence-electron chi connectivity index (χ3n) is 3.10. The molecule has 0 saturated carbocycles. The van der Waals surface area contributed by atoms with Gasteiger partial charge in [0.25, 0.3) is 0 Å². The normalized spacial score (nSPS) is 25.8. The highest BCUT2D eigenvalue weighted by atomic mass is 16.5. The number of hydrogen-bond acceptors (Lipinski definition) is 3. The maximum atomic E-state index is 5.45. The van der Waals surface area contributed by atoms with Crippen LogP contribution in [-0.2, 0) is 4.74 Å². The van der Waals surface area contributed by atoms with Crippen LogP contribution in [0.25, 0.3) is 0 Å². The molecule has 1 fully saturated rings. The van der Waals surface area contributed by atoms with E-state index in [1.807, 2.05) is 0 Å². The minimum Gasteiger partial charge on any atom is -0.379 e. The molecule has 0 aromatic carbocycles. The maximum absolute atomic E-state index is 5.45. The van der Waals surface area contributed by atoms with E-state index in [0.29, 0.717) is 18.1 Å². The number of morpholine rings is 1. The first kappa shape index (κ1) is 12.9. The zero-order valence-electron chi connectivity index (χ0n) is 10.6. The molecule has 2 unspecified atom stereocenters. The number of nitrogens with zero attached hydrogens (tertiary/aromatic N) is 1. The first-order chi connectivity index (χ1) is 7.11. The summed E-state index contributed by atoms with van der Waals surface area (Å²) < 4.78 is 5.45. The Bertz CT molecular complexity index is 173.